The van der Waals surface area contributed by atoms with Crippen LogP contribution in [0, 0.1) is 0 Å². The zero-order chi connectivity index (χ0) is 12.5. The zero-order valence-corrected chi connectivity index (χ0v) is 10.7. The SMILES string of the molecule is CB1OCc2ccc(NC(=O)c3cscn3)cc21. The molecular weight excluding hydrogens is 247 g/mol. The fraction of sp³-hybridized carbons (Fsp3) is 0.167. The molecule has 0 atom stereocenters. The molecule has 1 aromatic carbocycles. The monoisotopic (exact) mass is 258 g/mol. The van der Waals surface area contributed by atoms with E-state index in [0.717, 1.165) is 11.2 Å². The molecular formula is C12H11BN2O2S. The van der Waals surface area contributed by atoms with E-state index in [1.54, 1.807) is 10.9 Å². The Bertz CT molecular complexity index is 586. The van der Waals surface area contributed by atoms with Crippen LogP contribution in [0.15, 0.2) is 29.1 Å². The van der Waals surface area contributed by atoms with Crippen molar-refractivity contribution in [3.8, 4) is 0 Å². The fourth-order valence-electron chi connectivity index (χ4n) is 2.01. The number of rotatable bonds is 2. The maximum atomic E-state index is 11.9. The molecule has 1 amide bonds. The van der Waals surface area contributed by atoms with Gasteiger partial charge in [0.15, 0.2) is 0 Å². The topological polar surface area (TPSA) is 51.2 Å². The van der Waals surface area contributed by atoms with Crippen LogP contribution in [-0.4, -0.2) is 17.8 Å². The first-order chi connectivity index (χ1) is 8.74. The lowest BCUT2D eigenvalue weighted by Crippen LogP contribution is -2.25. The highest BCUT2D eigenvalue weighted by atomic mass is 32.1. The molecule has 0 bridgehead atoms. The number of anilines is 1. The lowest BCUT2D eigenvalue weighted by atomic mass is 9.64. The van der Waals surface area contributed by atoms with E-state index in [1.807, 2.05) is 25.0 Å². The smallest absolute Gasteiger partial charge is 0.324 e. The van der Waals surface area contributed by atoms with Gasteiger partial charge in [0.2, 0.25) is 0 Å². The molecule has 4 nitrogen and oxygen atoms in total. The van der Waals surface area contributed by atoms with Crippen molar-refractivity contribution in [3.05, 3.63) is 40.3 Å². The predicted octanol–water partition coefficient (Wildman–Crippen LogP) is 1.75. The molecule has 1 N–H and O–H groups in total. The number of hydrogen-bond donors (Lipinski definition) is 1. The van der Waals surface area contributed by atoms with Crippen molar-refractivity contribution >= 4 is 35.3 Å². The molecule has 1 aromatic heterocycles. The first-order valence-electron chi connectivity index (χ1n) is 5.68. The van der Waals surface area contributed by atoms with Gasteiger partial charge >= 0.3 is 6.92 Å². The van der Waals surface area contributed by atoms with E-state index in [2.05, 4.69) is 10.3 Å². The minimum absolute atomic E-state index is 0.0936. The summed E-state index contributed by atoms with van der Waals surface area (Å²) in [5.41, 5.74) is 5.21. The van der Waals surface area contributed by atoms with Gasteiger partial charge in [0.25, 0.3) is 5.91 Å². The molecule has 1 aliphatic heterocycles. The van der Waals surface area contributed by atoms with Crippen molar-refractivity contribution in [2.75, 3.05) is 5.32 Å². The third kappa shape index (κ3) is 2.04. The average Bonchev–Trinajstić information content (AvgIpc) is 3.00. The molecule has 0 spiro atoms. The fourth-order valence-corrected chi connectivity index (χ4v) is 2.54. The number of aromatic nitrogens is 1. The third-order valence-corrected chi connectivity index (χ3v) is 3.58. The highest BCUT2D eigenvalue weighted by molar-refractivity contribution is 7.07. The summed E-state index contributed by atoms with van der Waals surface area (Å²) in [7, 11) is 0. The number of hydrogen-bond acceptors (Lipinski definition) is 4. The van der Waals surface area contributed by atoms with Crippen molar-refractivity contribution in [2.45, 2.75) is 13.4 Å². The summed E-state index contributed by atoms with van der Waals surface area (Å²) in [6.07, 6.45) is 0. The van der Waals surface area contributed by atoms with E-state index in [0.29, 0.717) is 12.3 Å². The van der Waals surface area contributed by atoms with Crippen LogP contribution >= 0.6 is 11.3 Å². The molecule has 2 heterocycles. The lowest BCUT2D eigenvalue weighted by Gasteiger charge is -2.06. The molecule has 18 heavy (non-hydrogen) atoms. The summed E-state index contributed by atoms with van der Waals surface area (Å²) in [5.74, 6) is -0.178. The van der Waals surface area contributed by atoms with Gasteiger partial charge in [-0.1, -0.05) is 12.9 Å². The average molecular weight is 258 g/mol. The summed E-state index contributed by atoms with van der Waals surface area (Å²) in [4.78, 5) is 15.8. The molecule has 0 saturated carbocycles. The Hall–Kier alpha value is -1.66. The van der Waals surface area contributed by atoms with Gasteiger partial charge in [0, 0.05) is 11.1 Å². The molecule has 0 aliphatic carbocycles. The number of benzene rings is 1. The Morgan fingerprint density at radius 2 is 2.44 bits per heavy atom. The molecule has 6 heteroatoms. The normalized spacial score (nSPS) is 13.5. The van der Waals surface area contributed by atoms with Gasteiger partial charge in [-0.25, -0.2) is 4.98 Å². The number of thiazole rings is 1. The maximum absolute atomic E-state index is 11.9. The van der Waals surface area contributed by atoms with Crippen molar-refractivity contribution < 1.29 is 9.45 Å². The second-order valence-electron chi connectivity index (χ2n) is 4.19. The molecule has 2 aromatic rings. The highest BCUT2D eigenvalue weighted by Gasteiger charge is 2.23. The number of carbonyl (C=O) groups is 1. The first-order valence-corrected chi connectivity index (χ1v) is 6.62. The quantitative estimate of drug-likeness (QED) is 0.835. The van der Waals surface area contributed by atoms with Crippen molar-refractivity contribution in [3.63, 3.8) is 0 Å². The highest BCUT2D eigenvalue weighted by Crippen LogP contribution is 2.16. The minimum atomic E-state index is -0.178. The van der Waals surface area contributed by atoms with Crippen LogP contribution in [0.2, 0.25) is 6.82 Å². The molecule has 0 fully saturated rings. The number of nitrogens with one attached hydrogen (secondary N) is 1. The Morgan fingerprint density at radius 3 is 3.22 bits per heavy atom. The predicted molar refractivity (Wildman–Crippen MR) is 72.6 cm³/mol. The van der Waals surface area contributed by atoms with Crippen molar-refractivity contribution in [1.82, 2.24) is 4.98 Å². The second-order valence-corrected chi connectivity index (χ2v) is 4.91. The van der Waals surface area contributed by atoms with E-state index >= 15 is 0 Å². The summed E-state index contributed by atoms with van der Waals surface area (Å²) < 4.78 is 5.53. The zero-order valence-electron chi connectivity index (χ0n) is 9.84. The van der Waals surface area contributed by atoms with Gasteiger partial charge in [-0.05, 0) is 23.2 Å². The number of amides is 1. The number of fused-ring (bicyclic) bond motifs is 1. The molecule has 3 rings (SSSR count). The van der Waals surface area contributed by atoms with Crippen LogP contribution in [0.3, 0.4) is 0 Å². The van der Waals surface area contributed by atoms with Crippen LogP contribution in [0.4, 0.5) is 5.69 Å². The number of carbonyl (C=O) groups excluding carboxylic acids is 1. The van der Waals surface area contributed by atoms with Gasteiger partial charge < -0.3 is 9.97 Å². The largest absolute Gasteiger partial charge is 0.427 e. The van der Waals surface area contributed by atoms with E-state index in [9.17, 15) is 4.79 Å². The van der Waals surface area contributed by atoms with E-state index in [1.165, 1.54) is 16.9 Å². The standard InChI is InChI=1S/C12H11BN2O2S/c1-13-10-4-9(3-2-8(10)5-17-13)15-12(16)11-6-18-7-14-11/h2-4,6-7H,5H2,1H3,(H,15,16). The van der Waals surface area contributed by atoms with E-state index < -0.39 is 0 Å². The maximum Gasteiger partial charge on any atom is 0.324 e. The summed E-state index contributed by atoms with van der Waals surface area (Å²) in [6.45, 7) is 2.76. The van der Waals surface area contributed by atoms with Crippen LogP contribution < -0.4 is 10.8 Å². The molecule has 1 aliphatic rings. The van der Waals surface area contributed by atoms with Crippen LogP contribution in [-0.2, 0) is 11.3 Å². The van der Waals surface area contributed by atoms with Gasteiger partial charge in [-0.2, -0.15) is 0 Å². The van der Waals surface area contributed by atoms with Crippen LogP contribution in [0.25, 0.3) is 0 Å². The van der Waals surface area contributed by atoms with Crippen molar-refractivity contribution in [2.24, 2.45) is 0 Å². The Morgan fingerprint density at radius 1 is 1.56 bits per heavy atom. The van der Waals surface area contributed by atoms with Crippen LogP contribution in [0.1, 0.15) is 16.1 Å². The molecule has 0 radical (unpaired) electrons. The van der Waals surface area contributed by atoms with Gasteiger partial charge in [0.05, 0.1) is 12.1 Å². The summed E-state index contributed by atoms with van der Waals surface area (Å²) in [6, 6.07) is 5.86. The van der Waals surface area contributed by atoms with Crippen molar-refractivity contribution in [1.29, 1.82) is 0 Å². The summed E-state index contributed by atoms with van der Waals surface area (Å²) in [5, 5.41) is 4.57. The Balaban J connectivity index is 1.82. The summed E-state index contributed by atoms with van der Waals surface area (Å²) >= 11 is 1.41. The Kier molecular flexibility index (Phi) is 2.89. The number of nitrogens with zero attached hydrogens (tertiary/aromatic N) is 1. The lowest BCUT2D eigenvalue weighted by molar-refractivity contribution is 0.102. The van der Waals surface area contributed by atoms with Gasteiger partial charge in [-0.3, -0.25) is 4.79 Å². The Labute approximate surface area is 109 Å². The second kappa shape index (κ2) is 4.55. The van der Waals surface area contributed by atoms with E-state index in [-0.39, 0.29) is 12.8 Å². The van der Waals surface area contributed by atoms with E-state index in [4.69, 9.17) is 4.65 Å². The van der Waals surface area contributed by atoms with Gasteiger partial charge in [0.1, 0.15) is 5.69 Å². The van der Waals surface area contributed by atoms with Gasteiger partial charge in [-0.15, -0.1) is 11.3 Å². The molecule has 90 valence electrons. The molecule has 0 unspecified atom stereocenters. The van der Waals surface area contributed by atoms with Crippen LogP contribution in [0.5, 0.6) is 0 Å². The third-order valence-electron chi connectivity index (χ3n) is 3.00. The molecule has 0 saturated heterocycles. The minimum Gasteiger partial charge on any atom is -0.427 e. The first kappa shape index (κ1) is 11.4.